The highest BCUT2D eigenvalue weighted by Crippen LogP contribution is 2.19. The van der Waals surface area contributed by atoms with E-state index < -0.39 is 0 Å². The second kappa shape index (κ2) is 8.16. The molecule has 1 atom stereocenters. The molecule has 1 aliphatic rings. The molecule has 0 unspecified atom stereocenters. The summed E-state index contributed by atoms with van der Waals surface area (Å²) in [6.45, 7) is 5.57. The van der Waals surface area contributed by atoms with Crippen molar-refractivity contribution in [2.75, 3.05) is 19.6 Å². The van der Waals surface area contributed by atoms with E-state index in [2.05, 4.69) is 28.2 Å². The number of furan rings is 1. The van der Waals surface area contributed by atoms with E-state index in [1.54, 1.807) is 6.07 Å². The van der Waals surface area contributed by atoms with Crippen LogP contribution in [0.4, 0.5) is 0 Å². The fourth-order valence-electron chi connectivity index (χ4n) is 3.27. The molecule has 1 fully saturated rings. The molecule has 2 N–H and O–H groups in total. The summed E-state index contributed by atoms with van der Waals surface area (Å²) >= 11 is 0. The Morgan fingerprint density at radius 2 is 2.16 bits per heavy atom. The minimum Gasteiger partial charge on any atom is -0.465 e. The van der Waals surface area contributed by atoms with E-state index in [9.17, 15) is 9.59 Å². The van der Waals surface area contributed by atoms with Gasteiger partial charge in [-0.05, 0) is 43.5 Å². The molecule has 25 heavy (non-hydrogen) atoms. The lowest BCUT2D eigenvalue weighted by atomic mass is 9.98. The third-order valence-corrected chi connectivity index (χ3v) is 4.65. The van der Waals surface area contributed by atoms with Crippen LogP contribution in [-0.4, -0.2) is 35.4 Å². The Balaban J connectivity index is 1.48. The van der Waals surface area contributed by atoms with Crippen LogP contribution >= 0.6 is 0 Å². The maximum absolute atomic E-state index is 12.1. The number of aromatic nitrogens is 1. The summed E-state index contributed by atoms with van der Waals surface area (Å²) < 4.78 is 5.80. The number of carbonyl (C=O) groups is 1. The zero-order valence-corrected chi connectivity index (χ0v) is 14.6. The van der Waals surface area contributed by atoms with Crippen LogP contribution in [0, 0.1) is 5.92 Å². The molecule has 0 aliphatic carbocycles. The summed E-state index contributed by atoms with van der Waals surface area (Å²) in [5.41, 5.74) is 0.276. The highest BCUT2D eigenvalue weighted by Gasteiger charge is 2.21. The predicted molar refractivity (Wildman–Crippen MR) is 95.5 cm³/mol. The number of carbonyl (C=O) groups excluding carboxylic acids is 1. The van der Waals surface area contributed by atoms with Gasteiger partial charge in [-0.1, -0.05) is 6.92 Å². The van der Waals surface area contributed by atoms with Gasteiger partial charge in [0.2, 0.25) is 5.56 Å². The van der Waals surface area contributed by atoms with Gasteiger partial charge in [0, 0.05) is 31.8 Å². The molecule has 1 aliphatic heterocycles. The molecule has 1 saturated heterocycles. The van der Waals surface area contributed by atoms with Crippen LogP contribution in [0.25, 0.3) is 0 Å². The van der Waals surface area contributed by atoms with Crippen LogP contribution in [0.3, 0.4) is 0 Å². The quantitative estimate of drug-likeness (QED) is 0.843. The largest absolute Gasteiger partial charge is 0.465 e. The lowest BCUT2D eigenvalue weighted by Crippen LogP contribution is -2.40. The SMILES string of the molecule is CCc1ccc(CN2CCC[C@@H](CNC(=O)c3ccc(=O)[nH]c3)C2)o1. The Bertz CT molecular complexity index is 745. The van der Waals surface area contributed by atoms with Gasteiger partial charge >= 0.3 is 0 Å². The molecule has 6 heteroatoms. The fourth-order valence-corrected chi connectivity index (χ4v) is 3.27. The Labute approximate surface area is 147 Å². The zero-order valence-electron chi connectivity index (χ0n) is 14.6. The third kappa shape index (κ3) is 4.82. The smallest absolute Gasteiger partial charge is 0.252 e. The van der Waals surface area contributed by atoms with E-state index in [4.69, 9.17) is 4.42 Å². The van der Waals surface area contributed by atoms with Crippen molar-refractivity contribution >= 4 is 5.91 Å². The number of likely N-dealkylation sites (tertiary alicyclic amines) is 1. The normalized spacial score (nSPS) is 18.2. The van der Waals surface area contributed by atoms with Gasteiger partial charge in [0.25, 0.3) is 5.91 Å². The first kappa shape index (κ1) is 17.5. The summed E-state index contributed by atoms with van der Waals surface area (Å²) in [6.07, 6.45) is 4.60. The maximum Gasteiger partial charge on any atom is 0.252 e. The van der Waals surface area contributed by atoms with Gasteiger partial charge in [0.05, 0.1) is 12.1 Å². The molecule has 0 radical (unpaired) electrons. The van der Waals surface area contributed by atoms with Gasteiger partial charge in [-0.2, -0.15) is 0 Å². The summed E-state index contributed by atoms with van der Waals surface area (Å²) in [5, 5.41) is 2.97. The predicted octanol–water partition coefficient (Wildman–Crippen LogP) is 2.17. The van der Waals surface area contributed by atoms with Crippen LogP contribution in [-0.2, 0) is 13.0 Å². The van der Waals surface area contributed by atoms with Gasteiger partial charge in [-0.3, -0.25) is 14.5 Å². The van der Waals surface area contributed by atoms with Crippen LogP contribution in [0.15, 0.2) is 39.7 Å². The van der Waals surface area contributed by atoms with Gasteiger partial charge < -0.3 is 14.7 Å². The third-order valence-electron chi connectivity index (χ3n) is 4.65. The van der Waals surface area contributed by atoms with E-state index in [1.807, 2.05) is 6.07 Å². The Morgan fingerprint density at radius 1 is 1.32 bits per heavy atom. The van der Waals surface area contributed by atoms with Crippen LogP contribution in [0.2, 0.25) is 0 Å². The fraction of sp³-hybridized carbons (Fsp3) is 0.474. The minimum absolute atomic E-state index is 0.146. The molecule has 3 rings (SSSR count). The summed E-state index contributed by atoms with van der Waals surface area (Å²) in [4.78, 5) is 28.1. The van der Waals surface area contributed by atoms with E-state index in [-0.39, 0.29) is 11.5 Å². The van der Waals surface area contributed by atoms with E-state index >= 15 is 0 Å². The molecule has 6 nitrogen and oxygen atoms in total. The number of piperidine rings is 1. The zero-order chi connectivity index (χ0) is 17.6. The Morgan fingerprint density at radius 3 is 2.88 bits per heavy atom. The molecule has 134 valence electrons. The number of rotatable bonds is 6. The number of pyridine rings is 1. The number of aryl methyl sites for hydroxylation is 1. The van der Waals surface area contributed by atoms with E-state index in [1.165, 1.54) is 12.3 Å². The van der Waals surface area contributed by atoms with E-state index in [0.29, 0.717) is 18.0 Å². The highest BCUT2D eigenvalue weighted by molar-refractivity contribution is 5.93. The number of nitrogens with one attached hydrogen (secondary N) is 2. The number of aromatic amines is 1. The van der Waals surface area contributed by atoms with Crippen LogP contribution < -0.4 is 10.9 Å². The Hall–Kier alpha value is -2.34. The van der Waals surface area contributed by atoms with Crippen LogP contribution in [0.5, 0.6) is 0 Å². The first-order valence-electron chi connectivity index (χ1n) is 8.91. The lowest BCUT2D eigenvalue weighted by molar-refractivity contribution is 0.0927. The standard InChI is InChI=1S/C19H25N3O3/c1-2-16-6-7-17(25-16)13-22-9-3-4-14(12-22)10-21-19(24)15-5-8-18(23)20-11-15/h5-8,11,14H,2-4,9-10,12-13H2,1H3,(H,20,23)(H,21,24)/t14-/m0/s1. The number of amides is 1. The highest BCUT2D eigenvalue weighted by atomic mass is 16.3. The topological polar surface area (TPSA) is 78.3 Å². The van der Waals surface area contributed by atoms with E-state index in [0.717, 1.165) is 50.4 Å². The molecule has 2 aromatic heterocycles. The van der Waals surface area contributed by atoms with Gasteiger partial charge in [-0.25, -0.2) is 0 Å². The molecule has 1 amide bonds. The Kier molecular flexibility index (Phi) is 5.71. The molecule has 0 aromatic carbocycles. The number of nitrogens with zero attached hydrogens (tertiary/aromatic N) is 1. The second-order valence-corrected chi connectivity index (χ2v) is 6.62. The van der Waals surface area contributed by atoms with Gasteiger partial charge in [0.15, 0.2) is 0 Å². The summed E-state index contributed by atoms with van der Waals surface area (Å²) in [6, 6.07) is 7.01. The van der Waals surface area contributed by atoms with Crippen LogP contribution in [0.1, 0.15) is 41.6 Å². The monoisotopic (exact) mass is 343 g/mol. The molecular formula is C19H25N3O3. The van der Waals surface area contributed by atoms with Crippen molar-refractivity contribution in [1.29, 1.82) is 0 Å². The molecule has 0 bridgehead atoms. The average Bonchev–Trinajstić information content (AvgIpc) is 3.08. The second-order valence-electron chi connectivity index (χ2n) is 6.62. The molecule has 0 saturated carbocycles. The first-order valence-corrected chi connectivity index (χ1v) is 8.91. The maximum atomic E-state index is 12.1. The van der Waals surface area contributed by atoms with Crippen molar-refractivity contribution in [3.8, 4) is 0 Å². The number of H-pyrrole nitrogens is 1. The molecule has 0 spiro atoms. The number of hydrogen-bond acceptors (Lipinski definition) is 4. The molecular weight excluding hydrogens is 318 g/mol. The average molecular weight is 343 g/mol. The van der Waals surface area contributed by atoms with Gasteiger partial charge in [0.1, 0.15) is 11.5 Å². The summed E-state index contributed by atoms with van der Waals surface area (Å²) in [7, 11) is 0. The van der Waals surface area contributed by atoms with Crippen molar-refractivity contribution in [3.05, 3.63) is 57.9 Å². The number of hydrogen-bond donors (Lipinski definition) is 2. The van der Waals surface area contributed by atoms with Crippen molar-refractivity contribution in [1.82, 2.24) is 15.2 Å². The van der Waals surface area contributed by atoms with Gasteiger partial charge in [-0.15, -0.1) is 0 Å². The van der Waals surface area contributed by atoms with Crippen molar-refractivity contribution in [3.63, 3.8) is 0 Å². The molecule has 3 heterocycles. The first-order chi connectivity index (χ1) is 12.1. The van der Waals surface area contributed by atoms with Crippen molar-refractivity contribution in [2.45, 2.75) is 32.7 Å². The van der Waals surface area contributed by atoms with Crippen molar-refractivity contribution in [2.24, 2.45) is 5.92 Å². The minimum atomic E-state index is -0.205. The lowest BCUT2D eigenvalue weighted by Gasteiger charge is -2.32. The molecule has 2 aromatic rings. The van der Waals surface area contributed by atoms with Crippen molar-refractivity contribution < 1.29 is 9.21 Å². The summed E-state index contributed by atoms with van der Waals surface area (Å²) in [5.74, 6) is 2.32.